The molecule has 3 nitrogen and oxygen atoms in total. The van der Waals surface area contributed by atoms with Gasteiger partial charge in [-0.1, -0.05) is 22.0 Å². The third-order valence-electron chi connectivity index (χ3n) is 3.75. The zero-order valence-corrected chi connectivity index (χ0v) is 14.2. The molecule has 4 heteroatoms. The minimum absolute atomic E-state index is 0.103. The Hall–Kier alpha value is -0.580. The van der Waals surface area contributed by atoms with Crippen molar-refractivity contribution in [2.45, 2.75) is 51.7 Å². The minimum atomic E-state index is 0.103. The van der Waals surface area contributed by atoms with Gasteiger partial charge in [-0.05, 0) is 51.3 Å². The lowest BCUT2D eigenvalue weighted by atomic mass is 10.1. The van der Waals surface area contributed by atoms with E-state index in [1.807, 2.05) is 0 Å². The van der Waals surface area contributed by atoms with Crippen LogP contribution in [0.2, 0.25) is 0 Å². The van der Waals surface area contributed by atoms with Gasteiger partial charge in [0.15, 0.2) is 0 Å². The Kier molecular flexibility index (Phi) is 5.10. The van der Waals surface area contributed by atoms with E-state index in [0.717, 1.165) is 30.4 Å². The fraction of sp³-hybridized carbons (Fsp3) is 0.625. The van der Waals surface area contributed by atoms with E-state index in [0.29, 0.717) is 0 Å². The number of hydrogen-bond donors (Lipinski definition) is 2. The molecular weight excluding hydrogens is 316 g/mol. The number of nitrogens with one attached hydrogen (secondary N) is 1. The van der Waals surface area contributed by atoms with E-state index in [2.05, 4.69) is 65.1 Å². The lowest BCUT2D eigenvalue weighted by Gasteiger charge is -2.29. The number of hydrogen-bond acceptors (Lipinski definition) is 3. The number of nitrogens with zero attached hydrogens (tertiary/aromatic N) is 1. The Bertz CT molecular complexity index is 456. The lowest BCUT2D eigenvalue weighted by molar-refractivity contribution is 0.266. The predicted molar refractivity (Wildman–Crippen MR) is 88.2 cm³/mol. The van der Waals surface area contributed by atoms with Crippen molar-refractivity contribution in [3.8, 4) is 0 Å². The quantitative estimate of drug-likeness (QED) is 0.882. The van der Waals surface area contributed by atoms with Crippen LogP contribution in [0, 0.1) is 0 Å². The van der Waals surface area contributed by atoms with E-state index in [4.69, 9.17) is 0 Å². The van der Waals surface area contributed by atoms with Crippen LogP contribution < -0.4 is 10.2 Å². The molecule has 1 unspecified atom stereocenters. The van der Waals surface area contributed by atoms with E-state index in [1.54, 1.807) is 0 Å². The Labute approximate surface area is 130 Å². The Morgan fingerprint density at radius 1 is 1.40 bits per heavy atom. The maximum Gasteiger partial charge on any atom is 0.0635 e. The monoisotopic (exact) mass is 340 g/mol. The van der Waals surface area contributed by atoms with Crippen molar-refractivity contribution < 1.29 is 5.11 Å². The fourth-order valence-electron chi connectivity index (χ4n) is 2.66. The smallest absolute Gasteiger partial charge is 0.0635 e. The largest absolute Gasteiger partial charge is 0.394 e. The van der Waals surface area contributed by atoms with E-state index < -0.39 is 0 Å². The molecule has 1 aliphatic heterocycles. The van der Waals surface area contributed by atoms with Crippen LogP contribution in [0.1, 0.15) is 39.2 Å². The van der Waals surface area contributed by atoms with Crippen molar-refractivity contribution in [3.05, 3.63) is 28.2 Å². The van der Waals surface area contributed by atoms with Crippen LogP contribution in [0.3, 0.4) is 0 Å². The third-order valence-corrected chi connectivity index (χ3v) is 4.25. The highest BCUT2D eigenvalue weighted by molar-refractivity contribution is 9.10. The molecule has 1 saturated heterocycles. The van der Waals surface area contributed by atoms with Gasteiger partial charge in [-0.2, -0.15) is 0 Å². The summed E-state index contributed by atoms with van der Waals surface area (Å²) in [6, 6.07) is 6.70. The van der Waals surface area contributed by atoms with E-state index >= 15 is 0 Å². The zero-order chi connectivity index (χ0) is 14.8. The molecule has 1 aliphatic rings. The Morgan fingerprint density at radius 3 is 2.80 bits per heavy atom. The van der Waals surface area contributed by atoms with Crippen molar-refractivity contribution in [2.24, 2.45) is 0 Å². The normalized spacial score (nSPS) is 19.6. The van der Waals surface area contributed by atoms with Crippen LogP contribution in [-0.4, -0.2) is 29.8 Å². The van der Waals surface area contributed by atoms with E-state index in [1.165, 1.54) is 11.3 Å². The molecule has 20 heavy (non-hydrogen) atoms. The number of halogens is 1. The van der Waals surface area contributed by atoms with Crippen molar-refractivity contribution in [1.82, 2.24) is 5.32 Å². The lowest BCUT2D eigenvalue weighted by Crippen LogP contribution is -2.37. The maximum absolute atomic E-state index is 9.55. The molecule has 1 fully saturated rings. The zero-order valence-electron chi connectivity index (χ0n) is 12.6. The summed E-state index contributed by atoms with van der Waals surface area (Å²) in [7, 11) is 0. The van der Waals surface area contributed by atoms with Crippen molar-refractivity contribution in [3.63, 3.8) is 0 Å². The summed E-state index contributed by atoms with van der Waals surface area (Å²) >= 11 is 3.57. The van der Waals surface area contributed by atoms with Crippen LogP contribution in [-0.2, 0) is 6.54 Å². The second-order valence-electron chi connectivity index (χ2n) is 6.55. The molecule has 1 aromatic carbocycles. The molecule has 0 saturated carbocycles. The van der Waals surface area contributed by atoms with E-state index in [9.17, 15) is 5.11 Å². The van der Waals surface area contributed by atoms with Crippen LogP contribution >= 0.6 is 15.9 Å². The van der Waals surface area contributed by atoms with Crippen molar-refractivity contribution in [2.75, 3.05) is 18.1 Å². The molecule has 0 aromatic heterocycles. The Balaban J connectivity index is 2.24. The Morgan fingerprint density at radius 2 is 2.15 bits per heavy atom. The van der Waals surface area contributed by atoms with Gasteiger partial charge in [-0.15, -0.1) is 0 Å². The molecule has 2 rings (SSSR count). The van der Waals surface area contributed by atoms with Gasteiger partial charge in [-0.25, -0.2) is 0 Å². The number of rotatable bonds is 4. The van der Waals surface area contributed by atoms with Crippen molar-refractivity contribution in [1.29, 1.82) is 0 Å². The summed E-state index contributed by atoms with van der Waals surface area (Å²) in [6.07, 6.45) is 2.24. The van der Waals surface area contributed by atoms with Gasteiger partial charge >= 0.3 is 0 Å². The van der Waals surface area contributed by atoms with E-state index in [-0.39, 0.29) is 18.2 Å². The predicted octanol–water partition coefficient (Wildman–Crippen LogP) is 3.30. The summed E-state index contributed by atoms with van der Waals surface area (Å²) in [5, 5.41) is 13.1. The summed E-state index contributed by atoms with van der Waals surface area (Å²) in [5.41, 5.74) is 2.64. The number of aliphatic hydroxyl groups is 1. The highest BCUT2D eigenvalue weighted by atomic mass is 79.9. The minimum Gasteiger partial charge on any atom is -0.394 e. The molecular formula is C16H25BrN2O. The van der Waals surface area contributed by atoms with Gasteiger partial charge in [0.1, 0.15) is 0 Å². The molecule has 0 radical (unpaired) electrons. The van der Waals surface area contributed by atoms with Crippen LogP contribution in [0.5, 0.6) is 0 Å². The fourth-order valence-corrected chi connectivity index (χ4v) is 3.01. The number of aliphatic hydroxyl groups excluding tert-OH is 1. The molecule has 0 amide bonds. The summed E-state index contributed by atoms with van der Waals surface area (Å²) in [5.74, 6) is 0. The topological polar surface area (TPSA) is 35.5 Å². The highest BCUT2D eigenvalue weighted by Gasteiger charge is 2.26. The average Bonchev–Trinajstić information content (AvgIpc) is 2.84. The maximum atomic E-state index is 9.55. The molecule has 0 spiro atoms. The SMILES string of the molecule is CC(C)(C)NCc1ccc(Br)cc1N1CCCC1CO. The van der Waals surface area contributed by atoms with Gasteiger partial charge in [0.05, 0.1) is 12.6 Å². The molecule has 0 bridgehead atoms. The molecule has 112 valence electrons. The second-order valence-corrected chi connectivity index (χ2v) is 7.46. The van der Waals surface area contributed by atoms with Gasteiger partial charge in [-0.3, -0.25) is 0 Å². The van der Waals surface area contributed by atoms with Gasteiger partial charge in [0.2, 0.25) is 0 Å². The molecule has 1 atom stereocenters. The van der Waals surface area contributed by atoms with Crippen LogP contribution in [0.15, 0.2) is 22.7 Å². The number of anilines is 1. The first-order valence-electron chi connectivity index (χ1n) is 7.31. The van der Waals surface area contributed by atoms with Crippen LogP contribution in [0.4, 0.5) is 5.69 Å². The summed E-state index contributed by atoms with van der Waals surface area (Å²) < 4.78 is 1.09. The number of benzene rings is 1. The summed E-state index contributed by atoms with van der Waals surface area (Å²) in [6.45, 7) is 8.65. The average molecular weight is 341 g/mol. The second kappa shape index (κ2) is 6.46. The standard InChI is InChI=1S/C16H25BrN2O/c1-16(2,3)18-10-12-6-7-13(17)9-15(12)19-8-4-5-14(19)11-20/h6-7,9,14,18,20H,4-5,8,10-11H2,1-3H3. The molecule has 2 N–H and O–H groups in total. The third kappa shape index (κ3) is 3.96. The summed E-state index contributed by atoms with van der Waals surface area (Å²) in [4.78, 5) is 2.35. The first-order chi connectivity index (χ1) is 9.40. The van der Waals surface area contributed by atoms with Crippen LogP contribution in [0.25, 0.3) is 0 Å². The van der Waals surface area contributed by atoms with Crippen molar-refractivity contribution >= 4 is 21.6 Å². The van der Waals surface area contributed by atoms with Gasteiger partial charge < -0.3 is 15.3 Å². The molecule has 1 heterocycles. The van der Waals surface area contributed by atoms with Gasteiger partial charge in [0.25, 0.3) is 0 Å². The first-order valence-corrected chi connectivity index (χ1v) is 8.11. The first kappa shape index (κ1) is 15.8. The highest BCUT2D eigenvalue weighted by Crippen LogP contribution is 2.31. The molecule has 0 aliphatic carbocycles. The van der Waals surface area contributed by atoms with Gasteiger partial charge in [0, 0.05) is 28.8 Å². The molecule has 1 aromatic rings.